The highest BCUT2D eigenvalue weighted by molar-refractivity contribution is 5.19. The van der Waals surface area contributed by atoms with Crippen molar-refractivity contribution in [2.75, 3.05) is 6.54 Å². The molecule has 0 amide bonds. The van der Waals surface area contributed by atoms with Crippen LogP contribution in [0.2, 0.25) is 0 Å². The van der Waals surface area contributed by atoms with E-state index in [0.29, 0.717) is 6.04 Å². The molecule has 1 atom stereocenters. The van der Waals surface area contributed by atoms with Crippen LogP contribution >= 0.6 is 0 Å². The lowest BCUT2D eigenvalue weighted by molar-refractivity contribution is 0.463. The van der Waals surface area contributed by atoms with Crippen LogP contribution in [0.15, 0.2) is 30.7 Å². The van der Waals surface area contributed by atoms with Crippen LogP contribution in [0.3, 0.4) is 0 Å². The number of imidazole rings is 1. The van der Waals surface area contributed by atoms with E-state index in [4.69, 9.17) is 0 Å². The third kappa shape index (κ3) is 2.22. The monoisotopic (exact) mass is 228 g/mol. The van der Waals surface area contributed by atoms with Gasteiger partial charge in [0.15, 0.2) is 0 Å². The van der Waals surface area contributed by atoms with Crippen LogP contribution in [0.1, 0.15) is 29.5 Å². The zero-order chi connectivity index (χ0) is 11.5. The van der Waals surface area contributed by atoms with Crippen molar-refractivity contribution in [1.82, 2.24) is 20.3 Å². The molecule has 2 aromatic rings. The molecular weight excluding hydrogens is 212 g/mol. The summed E-state index contributed by atoms with van der Waals surface area (Å²) in [5, 5.41) is 3.52. The van der Waals surface area contributed by atoms with E-state index >= 15 is 0 Å². The highest BCUT2D eigenvalue weighted by Gasteiger charge is 2.21. The summed E-state index contributed by atoms with van der Waals surface area (Å²) in [4.78, 5) is 12.0. The Labute approximate surface area is 101 Å². The van der Waals surface area contributed by atoms with Gasteiger partial charge in [-0.1, -0.05) is 6.07 Å². The fourth-order valence-electron chi connectivity index (χ4n) is 2.38. The maximum Gasteiger partial charge on any atom is 0.0925 e. The van der Waals surface area contributed by atoms with Gasteiger partial charge in [-0.3, -0.25) is 4.98 Å². The number of pyridine rings is 1. The minimum absolute atomic E-state index is 0.368. The number of hydrogen-bond donors (Lipinski definition) is 2. The molecular formula is C13H16N4. The molecule has 1 unspecified atom stereocenters. The number of nitrogens with zero attached hydrogens (tertiary/aromatic N) is 2. The van der Waals surface area contributed by atoms with Gasteiger partial charge in [0, 0.05) is 30.6 Å². The number of fused-ring (bicyclic) bond motifs is 1. The first-order valence-electron chi connectivity index (χ1n) is 6.09. The van der Waals surface area contributed by atoms with Gasteiger partial charge in [0.25, 0.3) is 0 Å². The molecule has 2 aromatic heterocycles. The van der Waals surface area contributed by atoms with Crippen molar-refractivity contribution in [3.8, 4) is 0 Å². The largest absolute Gasteiger partial charge is 0.348 e. The van der Waals surface area contributed by atoms with Crippen LogP contribution in [0.5, 0.6) is 0 Å². The van der Waals surface area contributed by atoms with Crippen molar-refractivity contribution in [2.45, 2.75) is 25.3 Å². The van der Waals surface area contributed by atoms with Gasteiger partial charge < -0.3 is 10.3 Å². The fourth-order valence-corrected chi connectivity index (χ4v) is 2.38. The topological polar surface area (TPSA) is 53.6 Å². The predicted molar refractivity (Wildman–Crippen MR) is 65.6 cm³/mol. The smallest absolute Gasteiger partial charge is 0.0925 e. The van der Waals surface area contributed by atoms with Crippen molar-refractivity contribution < 1.29 is 0 Å². The molecule has 3 rings (SSSR count). The average Bonchev–Trinajstić information content (AvgIpc) is 2.86. The fraction of sp³-hybridized carbons (Fsp3) is 0.385. The summed E-state index contributed by atoms with van der Waals surface area (Å²) in [7, 11) is 0. The lowest BCUT2D eigenvalue weighted by Gasteiger charge is -2.22. The number of aromatic amines is 1. The number of aryl methyl sites for hydroxylation is 1. The number of hydrogen-bond acceptors (Lipinski definition) is 3. The summed E-state index contributed by atoms with van der Waals surface area (Å²) in [5.41, 5.74) is 3.62. The van der Waals surface area contributed by atoms with E-state index in [9.17, 15) is 0 Å². The van der Waals surface area contributed by atoms with E-state index in [0.717, 1.165) is 31.5 Å². The van der Waals surface area contributed by atoms with Gasteiger partial charge in [-0.05, 0) is 25.0 Å². The molecule has 0 radical (unpaired) electrons. The molecule has 17 heavy (non-hydrogen) atoms. The molecule has 0 bridgehead atoms. The second kappa shape index (κ2) is 4.67. The van der Waals surface area contributed by atoms with Crippen LogP contribution in [0.4, 0.5) is 0 Å². The van der Waals surface area contributed by atoms with E-state index in [1.807, 2.05) is 18.3 Å². The third-order valence-electron chi connectivity index (χ3n) is 3.26. The Hall–Kier alpha value is -1.68. The number of H-pyrrole nitrogens is 1. The van der Waals surface area contributed by atoms with Gasteiger partial charge in [0.1, 0.15) is 0 Å². The van der Waals surface area contributed by atoms with Crippen LogP contribution < -0.4 is 5.32 Å². The molecule has 0 aliphatic carbocycles. The zero-order valence-corrected chi connectivity index (χ0v) is 9.69. The van der Waals surface area contributed by atoms with Crippen molar-refractivity contribution in [3.05, 3.63) is 47.8 Å². The van der Waals surface area contributed by atoms with Gasteiger partial charge in [-0.15, -0.1) is 0 Å². The normalized spacial score (nSPS) is 18.9. The summed E-state index contributed by atoms with van der Waals surface area (Å²) in [6.07, 6.45) is 6.74. The van der Waals surface area contributed by atoms with E-state index in [-0.39, 0.29) is 0 Å². The highest BCUT2D eigenvalue weighted by Crippen LogP contribution is 2.23. The quantitative estimate of drug-likeness (QED) is 0.839. The summed E-state index contributed by atoms with van der Waals surface area (Å²) in [6, 6.07) is 6.44. The first-order chi connectivity index (χ1) is 8.43. The predicted octanol–water partition coefficient (Wildman–Crippen LogP) is 1.62. The standard InChI is InChI=1S/C13H16N4/c1-2-7-14-10(3-1)4-5-11-13-12(6-8-15-11)16-9-17-13/h1-3,7,9,11,15H,4-6,8H2,(H,16,17). The lowest BCUT2D eigenvalue weighted by atomic mass is 10.00. The van der Waals surface area contributed by atoms with Crippen LogP contribution in [-0.2, 0) is 12.8 Å². The van der Waals surface area contributed by atoms with E-state index in [1.165, 1.54) is 11.4 Å². The Bertz CT molecular complexity index is 477. The number of rotatable bonds is 3. The Morgan fingerprint density at radius 3 is 3.18 bits per heavy atom. The molecule has 1 aliphatic rings. The molecule has 88 valence electrons. The summed E-state index contributed by atoms with van der Waals surface area (Å²) < 4.78 is 0. The lowest BCUT2D eigenvalue weighted by Crippen LogP contribution is -2.30. The maximum absolute atomic E-state index is 4.41. The summed E-state index contributed by atoms with van der Waals surface area (Å²) >= 11 is 0. The van der Waals surface area contributed by atoms with Crippen molar-refractivity contribution in [1.29, 1.82) is 0 Å². The molecule has 4 nitrogen and oxygen atoms in total. The minimum Gasteiger partial charge on any atom is -0.348 e. The first kappa shape index (κ1) is 10.5. The molecule has 0 fully saturated rings. The second-order valence-electron chi connectivity index (χ2n) is 4.38. The van der Waals surface area contributed by atoms with Crippen molar-refractivity contribution >= 4 is 0 Å². The first-order valence-corrected chi connectivity index (χ1v) is 6.09. The molecule has 1 aliphatic heterocycles. The molecule has 0 aromatic carbocycles. The van der Waals surface area contributed by atoms with Crippen LogP contribution in [0.25, 0.3) is 0 Å². The van der Waals surface area contributed by atoms with Crippen LogP contribution in [-0.4, -0.2) is 21.5 Å². The second-order valence-corrected chi connectivity index (χ2v) is 4.38. The SMILES string of the molecule is c1ccc(CCC2NCCc3[nH]cnc32)nc1. The molecule has 3 heterocycles. The molecule has 0 spiro atoms. The molecule has 0 saturated heterocycles. The third-order valence-corrected chi connectivity index (χ3v) is 3.26. The van der Waals surface area contributed by atoms with E-state index in [1.54, 1.807) is 6.33 Å². The summed E-state index contributed by atoms with van der Waals surface area (Å²) in [6.45, 7) is 1.03. The van der Waals surface area contributed by atoms with Gasteiger partial charge >= 0.3 is 0 Å². The van der Waals surface area contributed by atoms with Gasteiger partial charge in [0.2, 0.25) is 0 Å². The van der Waals surface area contributed by atoms with Gasteiger partial charge in [-0.25, -0.2) is 4.98 Å². The maximum atomic E-state index is 4.41. The van der Waals surface area contributed by atoms with E-state index in [2.05, 4.69) is 26.3 Å². The highest BCUT2D eigenvalue weighted by atomic mass is 15.0. The number of aromatic nitrogens is 3. The van der Waals surface area contributed by atoms with E-state index < -0.39 is 0 Å². The molecule has 4 heteroatoms. The number of nitrogens with one attached hydrogen (secondary N) is 2. The van der Waals surface area contributed by atoms with Gasteiger partial charge in [0.05, 0.1) is 18.1 Å². The Morgan fingerprint density at radius 1 is 1.29 bits per heavy atom. The van der Waals surface area contributed by atoms with Crippen molar-refractivity contribution in [3.63, 3.8) is 0 Å². The summed E-state index contributed by atoms with van der Waals surface area (Å²) in [5.74, 6) is 0. The zero-order valence-electron chi connectivity index (χ0n) is 9.69. The molecule has 2 N–H and O–H groups in total. The average molecular weight is 228 g/mol. The molecule has 0 saturated carbocycles. The minimum atomic E-state index is 0.368. The van der Waals surface area contributed by atoms with Crippen molar-refractivity contribution in [2.24, 2.45) is 0 Å². The Morgan fingerprint density at radius 2 is 2.29 bits per heavy atom. The van der Waals surface area contributed by atoms with Gasteiger partial charge in [-0.2, -0.15) is 0 Å². The Balaban J connectivity index is 1.68. The van der Waals surface area contributed by atoms with Crippen LogP contribution in [0, 0.1) is 0 Å². The Kier molecular flexibility index (Phi) is 2.88.